The highest BCUT2D eigenvalue weighted by Crippen LogP contribution is 2.39. The molecule has 0 aliphatic heterocycles. The third kappa shape index (κ3) is 2.87. The summed E-state index contributed by atoms with van der Waals surface area (Å²) in [7, 11) is 0. The van der Waals surface area contributed by atoms with Gasteiger partial charge in [0.25, 0.3) is 0 Å². The first-order valence-corrected chi connectivity index (χ1v) is 7.20. The Labute approximate surface area is 134 Å². The molecule has 0 fully saturated rings. The van der Waals surface area contributed by atoms with Gasteiger partial charge in [0.15, 0.2) is 0 Å². The summed E-state index contributed by atoms with van der Waals surface area (Å²) in [6.07, 6.45) is 0. The van der Waals surface area contributed by atoms with E-state index in [1.807, 2.05) is 59.5 Å². The number of carboxylic acid groups (broad SMARTS) is 1. The summed E-state index contributed by atoms with van der Waals surface area (Å²) in [5.74, 6) is -0.976. The van der Waals surface area contributed by atoms with Crippen molar-refractivity contribution in [2.75, 3.05) is 10.6 Å². The molecule has 0 amide bonds. The fraction of sp³-hybridized carbons (Fsp3) is 0. The highest BCUT2D eigenvalue weighted by atomic mass is 16.4. The Bertz CT molecular complexity index is 832. The summed E-state index contributed by atoms with van der Waals surface area (Å²) >= 11 is 0. The molecule has 0 aromatic heterocycles. The zero-order chi connectivity index (χ0) is 16.2. The van der Waals surface area contributed by atoms with Crippen LogP contribution < -0.4 is 10.6 Å². The lowest BCUT2D eigenvalue weighted by molar-refractivity contribution is 0.0698. The van der Waals surface area contributed by atoms with E-state index in [1.165, 1.54) is 0 Å². The molecule has 0 saturated heterocycles. The van der Waals surface area contributed by atoms with Crippen LogP contribution in [0.15, 0.2) is 78.9 Å². The van der Waals surface area contributed by atoms with E-state index in [2.05, 4.69) is 0 Å². The minimum atomic E-state index is -0.976. The van der Waals surface area contributed by atoms with Gasteiger partial charge < -0.3 is 15.7 Å². The number of nitrogens with zero attached hydrogens (tertiary/aromatic N) is 1. The number of nitrogen functional groups attached to an aromatic ring is 1. The van der Waals surface area contributed by atoms with Crippen molar-refractivity contribution in [3.8, 4) is 0 Å². The van der Waals surface area contributed by atoms with Gasteiger partial charge >= 0.3 is 5.97 Å². The van der Waals surface area contributed by atoms with Gasteiger partial charge in [0.1, 0.15) is 0 Å². The molecular formula is C19H16N2O2. The van der Waals surface area contributed by atoms with Gasteiger partial charge in [-0.1, -0.05) is 42.5 Å². The lowest BCUT2D eigenvalue weighted by Crippen LogP contribution is -2.15. The zero-order valence-corrected chi connectivity index (χ0v) is 12.4. The van der Waals surface area contributed by atoms with Crippen molar-refractivity contribution in [1.82, 2.24) is 0 Å². The summed E-state index contributed by atoms with van der Waals surface area (Å²) in [6, 6.07) is 23.9. The predicted molar refractivity (Wildman–Crippen MR) is 92.5 cm³/mol. The van der Waals surface area contributed by atoms with Gasteiger partial charge in [0, 0.05) is 5.69 Å². The Morgan fingerprint density at radius 2 is 1.35 bits per heavy atom. The number of anilines is 4. The molecule has 114 valence electrons. The normalized spacial score (nSPS) is 10.3. The van der Waals surface area contributed by atoms with Crippen LogP contribution in [0.4, 0.5) is 22.7 Å². The van der Waals surface area contributed by atoms with E-state index >= 15 is 0 Å². The van der Waals surface area contributed by atoms with E-state index < -0.39 is 5.97 Å². The lowest BCUT2D eigenvalue weighted by atomic mass is 10.1. The van der Waals surface area contributed by atoms with Crippen molar-refractivity contribution < 1.29 is 9.90 Å². The average Bonchev–Trinajstić information content (AvgIpc) is 2.58. The molecular weight excluding hydrogens is 288 g/mol. The van der Waals surface area contributed by atoms with Crippen molar-refractivity contribution in [2.24, 2.45) is 0 Å². The number of para-hydroxylation sites is 4. The van der Waals surface area contributed by atoms with Crippen LogP contribution in [-0.4, -0.2) is 11.1 Å². The Hall–Kier alpha value is -3.27. The number of carboxylic acids is 1. The Morgan fingerprint density at radius 3 is 2.00 bits per heavy atom. The molecule has 3 N–H and O–H groups in total. The fourth-order valence-electron chi connectivity index (χ4n) is 2.53. The van der Waals surface area contributed by atoms with Crippen molar-refractivity contribution in [3.63, 3.8) is 0 Å². The smallest absolute Gasteiger partial charge is 0.337 e. The number of aromatic carboxylic acids is 1. The van der Waals surface area contributed by atoms with Crippen LogP contribution in [0.3, 0.4) is 0 Å². The molecule has 0 radical (unpaired) electrons. The predicted octanol–water partition coefficient (Wildman–Crippen LogP) is 4.44. The monoisotopic (exact) mass is 304 g/mol. The third-order valence-corrected chi connectivity index (χ3v) is 3.57. The standard InChI is InChI=1S/C19H16N2O2/c20-16-11-5-7-13-18(16)21(14-8-2-1-3-9-14)17-12-6-4-10-15(17)19(22)23/h1-13H,20H2,(H,22,23). The van der Waals surface area contributed by atoms with Crippen molar-refractivity contribution in [2.45, 2.75) is 0 Å². The van der Waals surface area contributed by atoms with Gasteiger partial charge in [-0.05, 0) is 36.4 Å². The Balaban J connectivity index is 2.26. The van der Waals surface area contributed by atoms with Gasteiger partial charge in [0.05, 0.1) is 22.6 Å². The molecule has 0 unspecified atom stereocenters. The van der Waals surface area contributed by atoms with Crippen molar-refractivity contribution >= 4 is 28.7 Å². The van der Waals surface area contributed by atoms with E-state index in [0.29, 0.717) is 11.4 Å². The molecule has 0 saturated carbocycles. The number of benzene rings is 3. The summed E-state index contributed by atoms with van der Waals surface area (Å²) in [5, 5.41) is 9.52. The second-order valence-electron chi connectivity index (χ2n) is 5.05. The second-order valence-corrected chi connectivity index (χ2v) is 5.05. The zero-order valence-electron chi connectivity index (χ0n) is 12.4. The van der Waals surface area contributed by atoms with E-state index in [0.717, 1.165) is 11.4 Å². The molecule has 0 spiro atoms. The third-order valence-electron chi connectivity index (χ3n) is 3.57. The first kappa shape index (κ1) is 14.7. The lowest BCUT2D eigenvalue weighted by Gasteiger charge is -2.27. The van der Waals surface area contributed by atoms with Gasteiger partial charge in [-0.15, -0.1) is 0 Å². The second kappa shape index (κ2) is 6.23. The summed E-state index contributed by atoms with van der Waals surface area (Å²) in [5.41, 5.74) is 9.10. The minimum Gasteiger partial charge on any atom is -0.478 e. The van der Waals surface area contributed by atoms with Crippen molar-refractivity contribution in [1.29, 1.82) is 0 Å². The van der Waals surface area contributed by atoms with E-state index in [9.17, 15) is 9.90 Å². The molecule has 0 heterocycles. The van der Waals surface area contributed by atoms with Crippen LogP contribution in [0.2, 0.25) is 0 Å². The SMILES string of the molecule is Nc1ccccc1N(c1ccccc1)c1ccccc1C(=O)O. The average molecular weight is 304 g/mol. The molecule has 3 rings (SSSR count). The molecule has 3 aromatic carbocycles. The maximum absolute atomic E-state index is 11.6. The number of rotatable bonds is 4. The van der Waals surface area contributed by atoms with Crippen LogP contribution in [0, 0.1) is 0 Å². The van der Waals surface area contributed by atoms with Crippen LogP contribution in [-0.2, 0) is 0 Å². The summed E-state index contributed by atoms with van der Waals surface area (Å²) < 4.78 is 0. The van der Waals surface area contributed by atoms with Crippen LogP contribution >= 0.6 is 0 Å². The molecule has 0 bridgehead atoms. The van der Waals surface area contributed by atoms with Gasteiger partial charge in [-0.25, -0.2) is 4.79 Å². The highest BCUT2D eigenvalue weighted by molar-refractivity contribution is 5.98. The van der Waals surface area contributed by atoms with Gasteiger partial charge in [-0.2, -0.15) is 0 Å². The fourth-order valence-corrected chi connectivity index (χ4v) is 2.53. The minimum absolute atomic E-state index is 0.222. The Kier molecular flexibility index (Phi) is 3.97. The molecule has 0 atom stereocenters. The van der Waals surface area contributed by atoms with Crippen LogP contribution in [0.5, 0.6) is 0 Å². The summed E-state index contributed by atoms with van der Waals surface area (Å²) in [6.45, 7) is 0. The first-order chi connectivity index (χ1) is 11.2. The topological polar surface area (TPSA) is 66.6 Å². The van der Waals surface area contributed by atoms with E-state index in [4.69, 9.17) is 5.73 Å². The number of hydrogen-bond donors (Lipinski definition) is 2. The quantitative estimate of drug-likeness (QED) is 0.699. The molecule has 0 aliphatic carbocycles. The number of carbonyl (C=O) groups is 1. The van der Waals surface area contributed by atoms with Gasteiger partial charge in [0.2, 0.25) is 0 Å². The summed E-state index contributed by atoms with van der Waals surface area (Å²) in [4.78, 5) is 13.5. The van der Waals surface area contributed by atoms with E-state index in [1.54, 1.807) is 24.3 Å². The van der Waals surface area contributed by atoms with Crippen LogP contribution in [0.1, 0.15) is 10.4 Å². The maximum Gasteiger partial charge on any atom is 0.337 e. The Morgan fingerprint density at radius 1 is 0.783 bits per heavy atom. The highest BCUT2D eigenvalue weighted by Gasteiger charge is 2.20. The molecule has 0 aliphatic rings. The van der Waals surface area contributed by atoms with Gasteiger partial charge in [-0.3, -0.25) is 0 Å². The molecule has 3 aromatic rings. The van der Waals surface area contributed by atoms with E-state index in [-0.39, 0.29) is 5.56 Å². The molecule has 23 heavy (non-hydrogen) atoms. The molecule has 4 heteroatoms. The largest absolute Gasteiger partial charge is 0.478 e. The number of nitrogens with two attached hydrogens (primary N) is 1. The number of hydrogen-bond acceptors (Lipinski definition) is 3. The maximum atomic E-state index is 11.6. The van der Waals surface area contributed by atoms with Crippen molar-refractivity contribution in [3.05, 3.63) is 84.4 Å². The first-order valence-electron chi connectivity index (χ1n) is 7.20. The molecule has 4 nitrogen and oxygen atoms in total. The van der Waals surface area contributed by atoms with Crippen LogP contribution in [0.25, 0.3) is 0 Å².